The fourth-order valence-electron chi connectivity index (χ4n) is 1.29. The maximum absolute atomic E-state index is 4.29. The Hall–Kier alpha value is -1.63. The second-order valence-corrected chi connectivity index (χ2v) is 2.88. The van der Waals surface area contributed by atoms with Crippen molar-refractivity contribution in [2.75, 3.05) is 0 Å². The molecule has 0 aliphatic heterocycles. The van der Waals surface area contributed by atoms with Crippen LogP contribution in [0.5, 0.6) is 0 Å². The molecule has 0 unspecified atom stereocenters. The van der Waals surface area contributed by atoms with Gasteiger partial charge in [-0.15, -0.1) is 0 Å². The molecule has 1 aromatic heterocycles. The quantitative estimate of drug-likeness (QED) is 0.638. The van der Waals surface area contributed by atoms with Gasteiger partial charge < -0.3 is 0 Å². The minimum atomic E-state index is 0.961. The van der Waals surface area contributed by atoms with E-state index in [1.165, 1.54) is 0 Å². The first-order valence-electron chi connectivity index (χ1n) is 4.20. The van der Waals surface area contributed by atoms with Gasteiger partial charge in [0, 0.05) is 11.8 Å². The molecule has 63 valence electrons. The molecule has 1 aromatic carbocycles. The van der Waals surface area contributed by atoms with Crippen LogP contribution < -0.4 is 0 Å². The van der Waals surface area contributed by atoms with Crippen molar-refractivity contribution in [2.24, 2.45) is 0 Å². The average Bonchev–Trinajstić information content (AvgIpc) is 2.20. The van der Waals surface area contributed by atoms with E-state index in [-0.39, 0.29) is 0 Å². The van der Waals surface area contributed by atoms with Crippen LogP contribution in [0.3, 0.4) is 0 Å². The second-order valence-electron chi connectivity index (χ2n) is 2.88. The molecule has 2 rings (SSSR count). The zero-order valence-corrected chi connectivity index (χ0v) is 7.27. The van der Waals surface area contributed by atoms with Gasteiger partial charge >= 0.3 is 0 Å². The molecule has 13 heavy (non-hydrogen) atoms. The molecule has 0 spiro atoms. The van der Waals surface area contributed by atoms with E-state index in [4.69, 9.17) is 0 Å². The van der Waals surface area contributed by atoms with E-state index in [1.807, 2.05) is 42.5 Å². The number of hydrogen-bond donors (Lipinski definition) is 0. The maximum Gasteiger partial charge on any atom is 0.0733 e. The molecule has 1 heteroatoms. The number of benzene rings is 1. The first-order valence-corrected chi connectivity index (χ1v) is 4.20. The number of aromatic nitrogens is 1. The number of rotatable bonds is 1. The van der Waals surface area contributed by atoms with Crippen LogP contribution in [0.25, 0.3) is 11.3 Å². The summed E-state index contributed by atoms with van der Waals surface area (Å²) < 4.78 is 0. The molecule has 0 aliphatic carbocycles. The second kappa shape index (κ2) is 3.40. The molecule has 0 fully saturated rings. The third kappa shape index (κ3) is 1.59. The fraction of sp³-hybridized carbons (Fsp3) is 0. The standard InChI is InChI=1S/C12H10N/c1-10-6-5-9-13-12(10)11-7-3-2-4-8-11/h2-9H,1H2. The van der Waals surface area contributed by atoms with Crippen molar-refractivity contribution in [1.29, 1.82) is 0 Å². The highest BCUT2D eigenvalue weighted by molar-refractivity contribution is 5.63. The van der Waals surface area contributed by atoms with E-state index >= 15 is 0 Å². The lowest BCUT2D eigenvalue weighted by molar-refractivity contribution is 1.30. The maximum atomic E-state index is 4.29. The lowest BCUT2D eigenvalue weighted by Crippen LogP contribution is -1.85. The molecule has 0 saturated heterocycles. The fourth-order valence-corrected chi connectivity index (χ4v) is 1.29. The van der Waals surface area contributed by atoms with Crippen LogP contribution in [-0.4, -0.2) is 4.98 Å². The lowest BCUT2D eigenvalue weighted by atomic mass is 10.1. The van der Waals surface area contributed by atoms with Crippen molar-refractivity contribution < 1.29 is 0 Å². The molecule has 2 aromatic rings. The van der Waals surface area contributed by atoms with Gasteiger partial charge in [0.15, 0.2) is 0 Å². The minimum Gasteiger partial charge on any atom is -0.256 e. The molecule has 0 saturated carbocycles. The van der Waals surface area contributed by atoms with E-state index in [0.717, 1.165) is 16.8 Å². The van der Waals surface area contributed by atoms with Crippen molar-refractivity contribution >= 4 is 0 Å². The summed E-state index contributed by atoms with van der Waals surface area (Å²) in [6.45, 7) is 3.93. The zero-order chi connectivity index (χ0) is 9.10. The monoisotopic (exact) mass is 168 g/mol. The number of pyridine rings is 1. The summed E-state index contributed by atoms with van der Waals surface area (Å²) in [4.78, 5) is 4.29. The summed E-state index contributed by atoms with van der Waals surface area (Å²) in [5.74, 6) is 0. The van der Waals surface area contributed by atoms with Gasteiger partial charge in [-0.2, -0.15) is 0 Å². The Kier molecular flexibility index (Phi) is 2.09. The SMILES string of the molecule is [CH2]c1cccnc1-c1ccccc1. The highest BCUT2D eigenvalue weighted by Crippen LogP contribution is 2.19. The Morgan fingerprint density at radius 2 is 1.69 bits per heavy atom. The van der Waals surface area contributed by atoms with Crippen LogP contribution in [-0.2, 0) is 0 Å². The van der Waals surface area contributed by atoms with Crippen molar-refractivity contribution in [3.63, 3.8) is 0 Å². The highest BCUT2D eigenvalue weighted by Gasteiger charge is 1.99. The zero-order valence-electron chi connectivity index (χ0n) is 7.27. The largest absolute Gasteiger partial charge is 0.256 e. The predicted octanol–water partition coefficient (Wildman–Crippen LogP) is 2.93. The van der Waals surface area contributed by atoms with E-state index in [9.17, 15) is 0 Å². The summed E-state index contributed by atoms with van der Waals surface area (Å²) in [6.07, 6.45) is 1.79. The normalized spacial score (nSPS) is 9.92. The van der Waals surface area contributed by atoms with Crippen molar-refractivity contribution in [2.45, 2.75) is 0 Å². The van der Waals surface area contributed by atoms with Crippen molar-refractivity contribution in [3.8, 4) is 11.3 Å². The smallest absolute Gasteiger partial charge is 0.0733 e. The van der Waals surface area contributed by atoms with Crippen LogP contribution in [0.2, 0.25) is 0 Å². The topological polar surface area (TPSA) is 12.9 Å². The first-order chi connectivity index (χ1) is 6.38. The molecule has 0 atom stereocenters. The van der Waals surface area contributed by atoms with Crippen LogP contribution in [0.1, 0.15) is 5.56 Å². The highest BCUT2D eigenvalue weighted by atomic mass is 14.7. The number of hydrogen-bond acceptors (Lipinski definition) is 1. The van der Waals surface area contributed by atoms with Gasteiger partial charge in [0.2, 0.25) is 0 Å². The van der Waals surface area contributed by atoms with Gasteiger partial charge in [-0.1, -0.05) is 36.4 Å². The minimum absolute atomic E-state index is 0.961. The molecule has 0 amide bonds. The molecular weight excluding hydrogens is 158 g/mol. The van der Waals surface area contributed by atoms with E-state index in [1.54, 1.807) is 6.20 Å². The molecule has 0 N–H and O–H groups in total. The van der Waals surface area contributed by atoms with Crippen LogP contribution in [0.4, 0.5) is 0 Å². The Morgan fingerprint density at radius 3 is 2.38 bits per heavy atom. The number of nitrogens with zero attached hydrogens (tertiary/aromatic N) is 1. The van der Waals surface area contributed by atoms with Crippen molar-refractivity contribution in [1.82, 2.24) is 4.98 Å². The van der Waals surface area contributed by atoms with E-state index < -0.39 is 0 Å². The average molecular weight is 168 g/mol. The Bertz CT molecular complexity index is 393. The Morgan fingerprint density at radius 1 is 0.923 bits per heavy atom. The van der Waals surface area contributed by atoms with Gasteiger partial charge in [0.1, 0.15) is 0 Å². The van der Waals surface area contributed by atoms with Gasteiger partial charge in [0.05, 0.1) is 5.69 Å². The Labute approximate surface area is 78.1 Å². The summed E-state index contributed by atoms with van der Waals surface area (Å²) in [7, 11) is 0. The molecule has 1 nitrogen and oxygen atoms in total. The summed E-state index contributed by atoms with van der Waals surface area (Å²) in [6, 6.07) is 13.9. The molecule has 0 bridgehead atoms. The molecule has 1 radical (unpaired) electrons. The first kappa shape index (κ1) is 7.99. The van der Waals surface area contributed by atoms with E-state index in [0.29, 0.717) is 0 Å². The van der Waals surface area contributed by atoms with Gasteiger partial charge in [-0.25, -0.2) is 0 Å². The van der Waals surface area contributed by atoms with Gasteiger partial charge in [-0.05, 0) is 18.6 Å². The van der Waals surface area contributed by atoms with Crippen LogP contribution in [0.15, 0.2) is 48.7 Å². The van der Waals surface area contributed by atoms with Crippen LogP contribution in [0, 0.1) is 6.92 Å². The van der Waals surface area contributed by atoms with E-state index in [2.05, 4.69) is 11.9 Å². The summed E-state index contributed by atoms with van der Waals surface area (Å²) in [5, 5.41) is 0. The third-order valence-electron chi connectivity index (χ3n) is 1.94. The molecule has 0 aliphatic rings. The summed E-state index contributed by atoms with van der Waals surface area (Å²) >= 11 is 0. The molecular formula is C12H10N. The van der Waals surface area contributed by atoms with Gasteiger partial charge in [-0.3, -0.25) is 4.98 Å². The molecule has 1 heterocycles. The predicted molar refractivity (Wildman–Crippen MR) is 54.1 cm³/mol. The van der Waals surface area contributed by atoms with Crippen LogP contribution >= 0.6 is 0 Å². The lowest BCUT2D eigenvalue weighted by Gasteiger charge is -2.02. The third-order valence-corrected chi connectivity index (χ3v) is 1.94. The summed E-state index contributed by atoms with van der Waals surface area (Å²) in [5.41, 5.74) is 3.05. The Balaban J connectivity index is 2.54. The van der Waals surface area contributed by atoms with Gasteiger partial charge in [0.25, 0.3) is 0 Å². The van der Waals surface area contributed by atoms with Crippen molar-refractivity contribution in [3.05, 3.63) is 61.1 Å².